The average molecular weight is 591 g/mol. The Hall–Kier alpha value is -4.18. The molecule has 1 unspecified atom stereocenters. The second kappa shape index (κ2) is 12.4. The van der Waals surface area contributed by atoms with Crippen molar-refractivity contribution in [3.8, 4) is 11.5 Å². The Bertz CT molecular complexity index is 1710. The van der Waals surface area contributed by atoms with Crippen molar-refractivity contribution in [2.24, 2.45) is 0 Å². The van der Waals surface area contributed by atoms with E-state index in [1.165, 1.54) is 4.90 Å². The van der Waals surface area contributed by atoms with Crippen molar-refractivity contribution in [3.05, 3.63) is 79.6 Å². The highest BCUT2D eigenvalue weighted by atomic mass is 32.1. The Balaban J connectivity index is 1.64. The molecular weight excluding hydrogens is 556 g/mol. The van der Waals surface area contributed by atoms with Crippen molar-refractivity contribution in [2.75, 3.05) is 25.2 Å². The summed E-state index contributed by atoms with van der Waals surface area (Å²) in [6, 6.07) is 9.78. The van der Waals surface area contributed by atoms with Gasteiger partial charge in [0.25, 0.3) is 5.91 Å². The van der Waals surface area contributed by atoms with Gasteiger partial charge in [0.2, 0.25) is 5.76 Å². The van der Waals surface area contributed by atoms with E-state index in [-0.39, 0.29) is 28.5 Å². The van der Waals surface area contributed by atoms with Crippen LogP contribution in [0, 0.1) is 13.8 Å². The summed E-state index contributed by atoms with van der Waals surface area (Å²) in [6.45, 7) is 8.22. The minimum absolute atomic E-state index is 0.0536. The standard InChI is InChI=1S/C32H34N2O7S/c1-6-8-9-10-15-40-23-14-12-20(17-24(23)38-5)26-25-27(35)21-16-18(3)11-13-22(21)41-28(25)30(36)34(26)32-33-19(4)29(42-32)31(37)39-7-2/h11-14,16-17,26H,6-10,15H2,1-5H3. The minimum atomic E-state index is -0.873. The molecular formula is C32H34N2O7S. The normalized spacial score (nSPS) is 14.4. The molecule has 1 atom stereocenters. The van der Waals surface area contributed by atoms with Crippen molar-refractivity contribution < 1.29 is 28.2 Å². The lowest BCUT2D eigenvalue weighted by Gasteiger charge is -2.23. The van der Waals surface area contributed by atoms with Crippen LogP contribution in [0.2, 0.25) is 0 Å². The summed E-state index contributed by atoms with van der Waals surface area (Å²) >= 11 is 1.04. The Morgan fingerprint density at radius 1 is 1.05 bits per heavy atom. The van der Waals surface area contributed by atoms with E-state index in [0.29, 0.717) is 45.2 Å². The zero-order chi connectivity index (χ0) is 30.0. The molecule has 0 spiro atoms. The minimum Gasteiger partial charge on any atom is -0.493 e. The maximum absolute atomic E-state index is 14.0. The summed E-state index contributed by atoms with van der Waals surface area (Å²) in [7, 11) is 1.55. The summed E-state index contributed by atoms with van der Waals surface area (Å²) < 4.78 is 23.0. The summed E-state index contributed by atoms with van der Waals surface area (Å²) in [5.41, 5.74) is 2.17. The van der Waals surface area contributed by atoms with E-state index in [9.17, 15) is 14.4 Å². The lowest BCUT2D eigenvalue weighted by molar-refractivity contribution is 0.0531. The molecule has 0 saturated heterocycles. The van der Waals surface area contributed by atoms with Gasteiger partial charge >= 0.3 is 5.97 Å². The van der Waals surface area contributed by atoms with Crippen molar-refractivity contribution in [2.45, 2.75) is 59.4 Å². The molecule has 1 aliphatic rings. The second-order valence-electron chi connectivity index (χ2n) is 10.2. The first-order chi connectivity index (χ1) is 20.3. The molecule has 1 amide bonds. The largest absolute Gasteiger partial charge is 0.493 e. The number of anilines is 1. The number of fused-ring (bicyclic) bond motifs is 2. The number of benzene rings is 2. The second-order valence-corrected chi connectivity index (χ2v) is 11.2. The molecule has 9 nitrogen and oxygen atoms in total. The van der Waals surface area contributed by atoms with Gasteiger partial charge < -0.3 is 18.6 Å². The molecule has 0 N–H and O–H groups in total. The molecule has 0 radical (unpaired) electrons. The van der Waals surface area contributed by atoms with Gasteiger partial charge in [-0.15, -0.1) is 0 Å². The molecule has 5 rings (SSSR count). The van der Waals surface area contributed by atoms with E-state index in [2.05, 4.69) is 11.9 Å². The van der Waals surface area contributed by atoms with Crippen LogP contribution in [-0.2, 0) is 4.74 Å². The first kappa shape index (κ1) is 29.3. The Morgan fingerprint density at radius 3 is 2.60 bits per heavy atom. The maximum atomic E-state index is 14.0. The number of amides is 1. The van der Waals surface area contributed by atoms with Gasteiger partial charge in [0.1, 0.15) is 10.5 Å². The number of unbranched alkanes of at least 4 members (excludes halogenated alkanes) is 3. The van der Waals surface area contributed by atoms with Crippen LogP contribution in [0.4, 0.5) is 5.13 Å². The number of hydrogen-bond acceptors (Lipinski definition) is 9. The fraction of sp³-hybridized carbons (Fsp3) is 0.375. The number of esters is 1. The van der Waals surface area contributed by atoms with Crippen molar-refractivity contribution >= 4 is 39.3 Å². The Morgan fingerprint density at radius 2 is 1.86 bits per heavy atom. The molecule has 0 fully saturated rings. The number of aryl methyl sites for hydroxylation is 2. The third-order valence-electron chi connectivity index (χ3n) is 7.24. The van der Waals surface area contributed by atoms with Gasteiger partial charge in [0.05, 0.1) is 43.0 Å². The monoisotopic (exact) mass is 590 g/mol. The van der Waals surface area contributed by atoms with Gasteiger partial charge in [-0.05, 0) is 57.0 Å². The topological polar surface area (TPSA) is 108 Å². The van der Waals surface area contributed by atoms with E-state index in [4.69, 9.17) is 18.6 Å². The van der Waals surface area contributed by atoms with E-state index >= 15 is 0 Å². The van der Waals surface area contributed by atoms with E-state index in [1.54, 1.807) is 45.2 Å². The first-order valence-corrected chi connectivity index (χ1v) is 15.0. The lowest BCUT2D eigenvalue weighted by Crippen LogP contribution is -2.29. The zero-order valence-electron chi connectivity index (χ0n) is 24.4. The number of nitrogens with zero attached hydrogens (tertiary/aromatic N) is 2. The highest BCUT2D eigenvalue weighted by Gasteiger charge is 2.45. The fourth-order valence-electron chi connectivity index (χ4n) is 5.16. The van der Waals surface area contributed by atoms with Gasteiger partial charge in [0.15, 0.2) is 22.1 Å². The molecule has 4 aromatic rings. The van der Waals surface area contributed by atoms with Crippen LogP contribution in [0.3, 0.4) is 0 Å². The van der Waals surface area contributed by atoms with Crippen LogP contribution in [-0.4, -0.2) is 37.2 Å². The van der Waals surface area contributed by atoms with Gasteiger partial charge in [0, 0.05) is 0 Å². The molecule has 0 saturated carbocycles. The Labute approximate surface area is 248 Å². The number of rotatable bonds is 11. The van der Waals surface area contributed by atoms with Crippen molar-refractivity contribution in [1.29, 1.82) is 0 Å². The zero-order valence-corrected chi connectivity index (χ0v) is 25.3. The summed E-state index contributed by atoms with van der Waals surface area (Å²) in [5.74, 6) is -0.0369. The number of carbonyl (C=O) groups excluding carboxylic acids is 2. The van der Waals surface area contributed by atoms with Crippen LogP contribution in [0.5, 0.6) is 11.5 Å². The van der Waals surface area contributed by atoms with Crippen molar-refractivity contribution in [1.82, 2.24) is 4.98 Å². The molecule has 2 aromatic carbocycles. The van der Waals surface area contributed by atoms with Gasteiger partial charge in [-0.2, -0.15) is 0 Å². The fourth-order valence-corrected chi connectivity index (χ4v) is 6.14. The van der Waals surface area contributed by atoms with E-state index < -0.39 is 17.9 Å². The molecule has 1 aliphatic heterocycles. The summed E-state index contributed by atoms with van der Waals surface area (Å²) in [5, 5.41) is 0.640. The average Bonchev–Trinajstić information content (AvgIpc) is 3.50. The predicted molar refractivity (Wildman–Crippen MR) is 161 cm³/mol. The van der Waals surface area contributed by atoms with Gasteiger partial charge in [-0.1, -0.05) is 55.2 Å². The number of hydrogen-bond donors (Lipinski definition) is 0. The molecule has 42 heavy (non-hydrogen) atoms. The summed E-state index contributed by atoms with van der Waals surface area (Å²) in [6.07, 6.45) is 4.29. The van der Waals surface area contributed by atoms with Crippen LogP contribution >= 0.6 is 11.3 Å². The van der Waals surface area contributed by atoms with E-state index in [0.717, 1.165) is 42.6 Å². The first-order valence-electron chi connectivity index (χ1n) is 14.1. The number of methoxy groups -OCH3 is 1. The molecule has 2 aromatic heterocycles. The van der Waals surface area contributed by atoms with Crippen LogP contribution < -0.4 is 19.8 Å². The SMILES string of the molecule is CCCCCCOc1ccc(C2c3c(oc4ccc(C)cc4c3=O)C(=O)N2c2nc(C)c(C(=O)OCC)s2)cc1OC. The smallest absolute Gasteiger partial charge is 0.350 e. The molecule has 0 bridgehead atoms. The lowest BCUT2D eigenvalue weighted by atomic mass is 9.98. The third-order valence-corrected chi connectivity index (χ3v) is 8.37. The van der Waals surface area contributed by atoms with Crippen LogP contribution in [0.1, 0.15) is 88.2 Å². The maximum Gasteiger partial charge on any atom is 0.350 e. The molecule has 220 valence electrons. The number of carbonyl (C=O) groups is 2. The number of aromatic nitrogens is 1. The van der Waals surface area contributed by atoms with Crippen LogP contribution in [0.25, 0.3) is 11.0 Å². The highest BCUT2D eigenvalue weighted by Crippen LogP contribution is 2.45. The van der Waals surface area contributed by atoms with Gasteiger partial charge in [-0.3, -0.25) is 14.5 Å². The van der Waals surface area contributed by atoms with E-state index in [1.807, 2.05) is 19.1 Å². The predicted octanol–water partition coefficient (Wildman–Crippen LogP) is 6.76. The third kappa shape index (κ3) is 5.38. The molecule has 3 heterocycles. The highest BCUT2D eigenvalue weighted by molar-refractivity contribution is 7.17. The molecule has 10 heteroatoms. The Kier molecular flexibility index (Phi) is 8.63. The summed E-state index contributed by atoms with van der Waals surface area (Å²) in [4.78, 5) is 46.9. The van der Waals surface area contributed by atoms with Crippen LogP contribution in [0.15, 0.2) is 45.6 Å². The quantitative estimate of drug-likeness (QED) is 0.139. The van der Waals surface area contributed by atoms with Gasteiger partial charge in [-0.25, -0.2) is 9.78 Å². The molecule has 0 aliphatic carbocycles. The van der Waals surface area contributed by atoms with Crippen molar-refractivity contribution in [3.63, 3.8) is 0 Å². The number of ether oxygens (including phenoxy) is 3. The number of thiazole rings is 1.